The predicted octanol–water partition coefficient (Wildman–Crippen LogP) is -1.56. The van der Waals surface area contributed by atoms with E-state index in [4.69, 9.17) is 5.11 Å². The minimum absolute atomic E-state index is 0.109. The average Bonchev–Trinajstić information content (AvgIpc) is 2.24. The summed E-state index contributed by atoms with van der Waals surface area (Å²) < 4.78 is 0.481. The van der Waals surface area contributed by atoms with Crippen LogP contribution in [0.5, 0.6) is 0 Å². The van der Waals surface area contributed by atoms with Gasteiger partial charge in [-0.25, -0.2) is 9.69 Å². The molecule has 0 aliphatic carbocycles. The maximum absolute atomic E-state index is 10.7. The highest BCUT2D eigenvalue weighted by Gasteiger charge is 2.25. The molecular formula is C14H28N2O6. The number of aliphatic carboxylic acids is 2. The molecule has 0 heterocycles. The Morgan fingerprint density at radius 2 is 1.64 bits per heavy atom. The third kappa shape index (κ3) is 11.2. The first-order chi connectivity index (χ1) is 9.83. The van der Waals surface area contributed by atoms with Crippen LogP contribution in [-0.4, -0.2) is 82.8 Å². The van der Waals surface area contributed by atoms with Crippen molar-refractivity contribution in [3.05, 3.63) is 12.7 Å². The Balaban J connectivity index is 0. The molecule has 0 radical (unpaired) electrons. The van der Waals surface area contributed by atoms with Gasteiger partial charge in [0.15, 0.2) is 6.54 Å². The predicted molar refractivity (Wildman–Crippen MR) is 79.3 cm³/mol. The Morgan fingerprint density at radius 1 is 1.23 bits per heavy atom. The highest BCUT2D eigenvalue weighted by atomic mass is 16.4. The number of nitrogens with zero attached hydrogens (tertiary/aromatic N) is 2. The quantitative estimate of drug-likeness (QED) is 0.281. The fourth-order valence-electron chi connectivity index (χ4n) is 1.74. The van der Waals surface area contributed by atoms with Crippen LogP contribution in [0, 0.1) is 0 Å². The Labute approximate surface area is 131 Å². The zero-order chi connectivity index (χ0) is 18.1. The summed E-state index contributed by atoms with van der Waals surface area (Å²) in [5.74, 6) is -2.09. The molecule has 0 fully saturated rings. The van der Waals surface area contributed by atoms with Gasteiger partial charge >= 0.3 is 5.97 Å². The molecule has 0 aliphatic heterocycles. The number of aliphatic hydroxyl groups excluding tert-OH is 2. The third-order valence-corrected chi connectivity index (χ3v) is 2.49. The van der Waals surface area contributed by atoms with Crippen LogP contribution >= 0.6 is 0 Å². The van der Waals surface area contributed by atoms with Crippen molar-refractivity contribution in [2.24, 2.45) is 0 Å². The van der Waals surface area contributed by atoms with Gasteiger partial charge < -0.3 is 29.7 Å². The smallest absolute Gasteiger partial charge is 0.359 e. The van der Waals surface area contributed by atoms with Crippen LogP contribution in [0.25, 0.3) is 0 Å². The van der Waals surface area contributed by atoms with Crippen molar-refractivity contribution in [2.45, 2.75) is 38.8 Å². The number of hydrogen-bond acceptors (Lipinski definition) is 6. The van der Waals surface area contributed by atoms with Gasteiger partial charge in [-0.1, -0.05) is 6.08 Å². The Hall–Kier alpha value is -1.48. The Bertz CT molecular complexity index is 355. The largest absolute Gasteiger partial charge is 0.548 e. The third-order valence-electron chi connectivity index (χ3n) is 2.49. The summed E-state index contributed by atoms with van der Waals surface area (Å²) in [6.45, 7) is 6.34. The van der Waals surface area contributed by atoms with Crippen molar-refractivity contribution < 1.29 is 34.5 Å². The van der Waals surface area contributed by atoms with E-state index < -0.39 is 30.4 Å². The summed E-state index contributed by atoms with van der Waals surface area (Å²) >= 11 is 0. The number of carboxylic acid groups (broad SMARTS) is 2. The molecule has 0 aromatic carbocycles. The molecule has 3 unspecified atom stereocenters. The zero-order valence-electron chi connectivity index (χ0n) is 13.9. The number of carbonyl (C=O) groups excluding carboxylic acids is 1. The van der Waals surface area contributed by atoms with E-state index in [1.807, 2.05) is 21.1 Å². The molecule has 0 amide bonds. The normalized spacial score (nSPS) is 15.3. The van der Waals surface area contributed by atoms with Crippen molar-refractivity contribution in [1.82, 2.24) is 4.90 Å². The van der Waals surface area contributed by atoms with Gasteiger partial charge in [0.2, 0.25) is 0 Å². The van der Waals surface area contributed by atoms with E-state index in [0.717, 1.165) is 4.90 Å². The highest BCUT2D eigenvalue weighted by Crippen LogP contribution is 2.11. The standard InChI is InChI=1S/C9H17NO4.C5H11NO2/c1-4-5-8(9(13)14)10(6(2)11)7(3)12;1-6(2,3)4-5(7)8/h4,6-8,11-12H,1,5H2,2-3H3,(H,13,14);4H2,1-3H3. The van der Waals surface area contributed by atoms with Crippen molar-refractivity contribution >= 4 is 11.9 Å². The van der Waals surface area contributed by atoms with E-state index in [1.165, 1.54) is 19.9 Å². The van der Waals surface area contributed by atoms with Crippen LogP contribution in [0.2, 0.25) is 0 Å². The molecule has 0 saturated carbocycles. The maximum Gasteiger partial charge on any atom is 0.359 e. The highest BCUT2D eigenvalue weighted by molar-refractivity contribution is 5.71. The fourth-order valence-corrected chi connectivity index (χ4v) is 1.74. The molecule has 0 spiro atoms. The van der Waals surface area contributed by atoms with Gasteiger partial charge in [-0.15, -0.1) is 6.58 Å². The lowest BCUT2D eigenvalue weighted by Gasteiger charge is -2.36. The summed E-state index contributed by atoms with van der Waals surface area (Å²) in [5, 5.41) is 37.5. The second kappa shape index (κ2) is 10.3. The SMILES string of the molecule is C=CCC(C(=O)[O-])N(C(C)O)C(C)O.C[N+](C)(C)CC(=O)O. The lowest BCUT2D eigenvalue weighted by Crippen LogP contribution is -2.54. The van der Waals surface area contributed by atoms with Crippen molar-refractivity contribution in [3.8, 4) is 0 Å². The molecule has 3 N–H and O–H groups in total. The first-order valence-electron chi connectivity index (χ1n) is 6.81. The van der Waals surface area contributed by atoms with E-state index in [2.05, 4.69) is 6.58 Å². The van der Waals surface area contributed by atoms with Gasteiger partial charge in [0.05, 0.1) is 33.2 Å². The van der Waals surface area contributed by atoms with Gasteiger partial charge in [-0.3, -0.25) is 0 Å². The van der Waals surface area contributed by atoms with Gasteiger partial charge in [-0.2, -0.15) is 0 Å². The van der Waals surface area contributed by atoms with E-state index >= 15 is 0 Å². The van der Waals surface area contributed by atoms with E-state index in [-0.39, 0.29) is 13.0 Å². The number of rotatable bonds is 8. The Kier molecular flexibility index (Phi) is 10.7. The minimum Gasteiger partial charge on any atom is -0.548 e. The lowest BCUT2D eigenvalue weighted by atomic mass is 10.1. The molecule has 0 aliphatic rings. The Morgan fingerprint density at radius 3 is 1.77 bits per heavy atom. The number of likely N-dealkylation sites (N-methyl/N-ethyl adjacent to an activating group) is 1. The summed E-state index contributed by atoms with van der Waals surface area (Å²) in [5.41, 5.74) is 0. The van der Waals surface area contributed by atoms with Gasteiger partial charge in [0.25, 0.3) is 0 Å². The van der Waals surface area contributed by atoms with Crippen LogP contribution in [0.3, 0.4) is 0 Å². The summed E-state index contributed by atoms with van der Waals surface area (Å²) in [6.07, 6.45) is -0.605. The van der Waals surface area contributed by atoms with Crippen LogP contribution in [0.1, 0.15) is 20.3 Å². The summed E-state index contributed by atoms with van der Waals surface area (Å²) in [6, 6.07) is -1.06. The van der Waals surface area contributed by atoms with Gasteiger partial charge in [0.1, 0.15) is 12.5 Å². The molecular weight excluding hydrogens is 292 g/mol. The van der Waals surface area contributed by atoms with Crippen LogP contribution in [0.4, 0.5) is 0 Å². The minimum atomic E-state index is -1.34. The first-order valence-corrected chi connectivity index (χ1v) is 6.81. The molecule has 0 bridgehead atoms. The molecule has 0 saturated heterocycles. The van der Waals surface area contributed by atoms with Crippen molar-refractivity contribution in [3.63, 3.8) is 0 Å². The summed E-state index contributed by atoms with van der Waals surface area (Å²) in [4.78, 5) is 21.8. The van der Waals surface area contributed by atoms with Crippen LogP contribution in [-0.2, 0) is 9.59 Å². The number of carbonyl (C=O) groups is 2. The molecule has 8 heteroatoms. The summed E-state index contributed by atoms with van der Waals surface area (Å²) in [7, 11) is 5.52. The van der Waals surface area contributed by atoms with Gasteiger partial charge in [0, 0.05) is 0 Å². The lowest BCUT2D eigenvalue weighted by molar-refractivity contribution is -0.862. The molecule has 0 rings (SSSR count). The van der Waals surface area contributed by atoms with Crippen LogP contribution < -0.4 is 5.11 Å². The molecule has 3 atom stereocenters. The fraction of sp³-hybridized carbons (Fsp3) is 0.714. The number of carboxylic acids is 2. The first kappa shape index (κ1) is 22.8. The molecule has 0 aromatic rings. The van der Waals surface area contributed by atoms with E-state index in [9.17, 15) is 24.9 Å². The van der Waals surface area contributed by atoms with Crippen LogP contribution in [0.15, 0.2) is 12.7 Å². The number of quaternary nitrogens is 1. The van der Waals surface area contributed by atoms with E-state index in [0.29, 0.717) is 4.48 Å². The monoisotopic (exact) mass is 320 g/mol. The van der Waals surface area contributed by atoms with Gasteiger partial charge in [-0.05, 0) is 20.3 Å². The second-order valence-electron chi connectivity index (χ2n) is 5.91. The van der Waals surface area contributed by atoms with Crippen molar-refractivity contribution in [1.29, 1.82) is 0 Å². The molecule has 22 heavy (non-hydrogen) atoms. The number of aliphatic hydroxyl groups is 2. The molecule has 0 aromatic heterocycles. The average molecular weight is 320 g/mol. The van der Waals surface area contributed by atoms with Crippen molar-refractivity contribution in [2.75, 3.05) is 27.7 Å². The topological polar surface area (TPSA) is 121 Å². The van der Waals surface area contributed by atoms with E-state index in [1.54, 1.807) is 0 Å². The second-order valence-corrected chi connectivity index (χ2v) is 5.91. The zero-order valence-corrected chi connectivity index (χ0v) is 13.9. The maximum atomic E-state index is 10.7. The molecule has 130 valence electrons. The molecule has 8 nitrogen and oxygen atoms in total. The number of hydrogen-bond donors (Lipinski definition) is 3.